The van der Waals surface area contributed by atoms with Gasteiger partial charge in [0.2, 0.25) is 5.91 Å². The van der Waals surface area contributed by atoms with Gasteiger partial charge in [-0.1, -0.05) is 18.2 Å². The number of nitrogens with two attached hydrogens (primary N) is 1. The number of benzene rings is 1. The standard InChI is InChI=1S/C28H27FN6O3/c1-15(37)25-26(17-10-18-7-8-19(11-17)34(18)24(38)14-36)33-28-21(13-32-35(28)27(25)30)16-6-9-23(31-12-16)20-4-2-3-5-22(20)29/h2-6,9,12-13,17-19,36H,7-8,10-11,14,30H2,1H3/t17-,18+,19-. The molecule has 6 rings (SSSR count). The van der Waals surface area contributed by atoms with Crippen molar-refractivity contribution in [3.05, 3.63) is 65.9 Å². The number of hydrogen-bond donors (Lipinski definition) is 2. The van der Waals surface area contributed by atoms with E-state index in [0.29, 0.717) is 46.6 Å². The van der Waals surface area contributed by atoms with Crippen molar-refractivity contribution >= 4 is 23.2 Å². The first kappa shape index (κ1) is 24.2. The summed E-state index contributed by atoms with van der Waals surface area (Å²) in [5, 5.41) is 13.8. The van der Waals surface area contributed by atoms with E-state index in [2.05, 4.69) is 10.1 Å². The van der Waals surface area contributed by atoms with E-state index < -0.39 is 6.61 Å². The molecule has 3 aromatic heterocycles. The van der Waals surface area contributed by atoms with Gasteiger partial charge in [0.1, 0.15) is 18.2 Å². The summed E-state index contributed by atoms with van der Waals surface area (Å²) in [6, 6.07) is 10.0. The number of amides is 1. The lowest BCUT2D eigenvalue weighted by Gasteiger charge is -2.39. The van der Waals surface area contributed by atoms with E-state index >= 15 is 0 Å². The van der Waals surface area contributed by atoms with Gasteiger partial charge < -0.3 is 15.7 Å². The lowest BCUT2D eigenvalue weighted by atomic mass is 9.85. The number of piperidine rings is 1. The molecule has 2 fully saturated rings. The highest BCUT2D eigenvalue weighted by atomic mass is 19.1. The monoisotopic (exact) mass is 514 g/mol. The lowest BCUT2D eigenvalue weighted by molar-refractivity contribution is -0.138. The second-order valence-corrected chi connectivity index (χ2v) is 10.0. The number of halogens is 1. The summed E-state index contributed by atoms with van der Waals surface area (Å²) in [6.45, 7) is 0.966. The highest BCUT2D eigenvalue weighted by Gasteiger charge is 2.44. The first-order chi connectivity index (χ1) is 18.4. The summed E-state index contributed by atoms with van der Waals surface area (Å²) in [7, 11) is 0. The Morgan fingerprint density at radius 3 is 2.45 bits per heavy atom. The third-order valence-corrected chi connectivity index (χ3v) is 7.83. The second kappa shape index (κ2) is 9.29. The minimum atomic E-state index is -0.504. The van der Waals surface area contributed by atoms with Crippen LogP contribution in [0.1, 0.15) is 54.6 Å². The van der Waals surface area contributed by atoms with E-state index in [1.165, 1.54) is 17.5 Å². The Kier molecular flexibility index (Phi) is 5.91. The number of anilines is 1. The Labute approximate surface area is 218 Å². The molecule has 3 N–H and O–H groups in total. The van der Waals surface area contributed by atoms with Crippen molar-refractivity contribution in [3.8, 4) is 22.4 Å². The number of pyridine rings is 1. The molecule has 2 saturated heterocycles. The molecule has 2 bridgehead atoms. The van der Waals surface area contributed by atoms with Gasteiger partial charge in [-0.3, -0.25) is 14.6 Å². The van der Waals surface area contributed by atoms with Gasteiger partial charge in [0.25, 0.3) is 0 Å². The molecule has 9 nitrogen and oxygen atoms in total. The smallest absolute Gasteiger partial charge is 0.248 e. The third kappa shape index (κ3) is 3.83. The maximum Gasteiger partial charge on any atom is 0.248 e. The molecule has 0 radical (unpaired) electrons. The second-order valence-electron chi connectivity index (χ2n) is 10.0. The zero-order valence-electron chi connectivity index (χ0n) is 20.8. The quantitative estimate of drug-likeness (QED) is 0.390. The number of aliphatic hydroxyl groups excluding tert-OH is 1. The Morgan fingerprint density at radius 1 is 1.08 bits per heavy atom. The minimum Gasteiger partial charge on any atom is -0.387 e. The van der Waals surface area contributed by atoms with Crippen molar-refractivity contribution in [2.24, 2.45) is 0 Å². The number of hydrogen-bond acceptors (Lipinski definition) is 7. The summed E-state index contributed by atoms with van der Waals surface area (Å²) in [6.07, 6.45) is 6.30. The van der Waals surface area contributed by atoms with Gasteiger partial charge in [0.05, 0.1) is 23.1 Å². The first-order valence-electron chi connectivity index (χ1n) is 12.7. The molecule has 5 heterocycles. The summed E-state index contributed by atoms with van der Waals surface area (Å²) in [5.74, 6) is -0.636. The fourth-order valence-corrected chi connectivity index (χ4v) is 6.16. The molecule has 0 spiro atoms. The molecule has 0 unspecified atom stereocenters. The van der Waals surface area contributed by atoms with Crippen LogP contribution in [0.3, 0.4) is 0 Å². The molecule has 38 heavy (non-hydrogen) atoms. The van der Waals surface area contributed by atoms with Crippen LogP contribution in [0, 0.1) is 5.82 Å². The van der Waals surface area contributed by atoms with Gasteiger partial charge in [-0.15, -0.1) is 0 Å². The molecule has 10 heteroatoms. The van der Waals surface area contributed by atoms with Crippen LogP contribution in [0.4, 0.5) is 10.2 Å². The van der Waals surface area contributed by atoms with Crippen LogP contribution in [0.15, 0.2) is 48.8 Å². The van der Waals surface area contributed by atoms with E-state index in [9.17, 15) is 19.1 Å². The Hall–Kier alpha value is -4.18. The largest absolute Gasteiger partial charge is 0.387 e. The van der Waals surface area contributed by atoms with Crippen LogP contribution in [0.2, 0.25) is 0 Å². The Bertz CT molecular complexity index is 1550. The molecular formula is C28H27FN6O3. The van der Waals surface area contributed by atoms with Crippen molar-refractivity contribution in [1.82, 2.24) is 24.5 Å². The SMILES string of the molecule is CC(=O)c1c([C@H]2C[C@H]3CC[C@@H](C2)N3C(=O)CO)nc2c(-c3ccc(-c4ccccc4F)nc3)cnn2c1N. The van der Waals surface area contributed by atoms with Gasteiger partial charge in [-0.25, -0.2) is 9.37 Å². The third-order valence-electron chi connectivity index (χ3n) is 7.83. The van der Waals surface area contributed by atoms with Crippen LogP contribution in [0.25, 0.3) is 28.0 Å². The zero-order valence-corrected chi connectivity index (χ0v) is 20.8. The van der Waals surface area contributed by atoms with Crippen LogP contribution < -0.4 is 5.73 Å². The molecule has 1 amide bonds. The molecule has 194 valence electrons. The zero-order chi connectivity index (χ0) is 26.6. The van der Waals surface area contributed by atoms with E-state index in [0.717, 1.165) is 18.4 Å². The average Bonchev–Trinajstić information content (AvgIpc) is 3.46. The molecule has 3 atom stereocenters. The molecule has 0 aliphatic carbocycles. The van der Waals surface area contributed by atoms with Gasteiger partial charge in [-0.2, -0.15) is 9.61 Å². The molecule has 2 aliphatic rings. The number of aromatic nitrogens is 4. The number of fused-ring (bicyclic) bond motifs is 3. The van der Waals surface area contributed by atoms with Crippen LogP contribution >= 0.6 is 0 Å². The van der Waals surface area contributed by atoms with Gasteiger partial charge in [-0.05, 0) is 50.8 Å². The van der Waals surface area contributed by atoms with Crippen molar-refractivity contribution in [2.75, 3.05) is 12.3 Å². The summed E-state index contributed by atoms with van der Waals surface area (Å²) >= 11 is 0. The molecular weight excluding hydrogens is 487 g/mol. The van der Waals surface area contributed by atoms with Crippen molar-refractivity contribution in [3.63, 3.8) is 0 Å². The molecule has 4 aromatic rings. The highest BCUT2D eigenvalue weighted by molar-refractivity contribution is 6.00. The predicted molar refractivity (Wildman–Crippen MR) is 139 cm³/mol. The van der Waals surface area contributed by atoms with E-state index in [1.807, 2.05) is 6.07 Å². The van der Waals surface area contributed by atoms with E-state index in [4.69, 9.17) is 10.7 Å². The summed E-state index contributed by atoms with van der Waals surface area (Å²) < 4.78 is 15.7. The molecule has 0 saturated carbocycles. The van der Waals surface area contributed by atoms with Crippen molar-refractivity contribution in [2.45, 2.75) is 50.6 Å². The summed E-state index contributed by atoms with van der Waals surface area (Å²) in [4.78, 5) is 36.3. The van der Waals surface area contributed by atoms with Crippen molar-refractivity contribution < 1.29 is 19.1 Å². The lowest BCUT2D eigenvalue weighted by Crippen LogP contribution is -2.47. The number of ketones is 1. The van der Waals surface area contributed by atoms with E-state index in [1.54, 1.807) is 41.6 Å². The number of carbonyl (C=O) groups excluding carboxylic acids is 2. The summed E-state index contributed by atoms with van der Waals surface area (Å²) in [5.41, 5.74) is 10.3. The van der Waals surface area contributed by atoms with Crippen LogP contribution in [-0.2, 0) is 4.79 Å². The fraction of sp³-hybridized carbons (Fsp3) is 0.321. The van der Waals surface area contributed by atoms with E-state index in [-0.39, 0.29) is 41.3 Å². The predicted octanol–water partition coefficient (Wildman–Crippen LogP) is 3.61. The van der Waals surface area contributed by atoms with Crippen LogP contribution in [0.5, 0.6) is 0 Å². The number of Topliss-reactive ketones (excluding diaryl/α,β-unsaturated/α-hetero) is 1. The molecule has 2 aliphatic heterocycles. The topological polar surface area (TPSA) is 127 Å². The number of carbonyl (C=O) groups is 2. The van der Waals surface area contributed by atoms with Gasteiger partial charge in [0, 0.05) is 40.9 Å². The molecule has 1 aromatic carbocycles. The first-order valence-corrected chi connectivity index (χ1v) is 12.7. The highest BCUT2D eigenvalue weighted by Crippen LogP contribution is 2.44. The Balaban J connectivity index is 1.41. The van der Waals surface area contributed by atoms with Crippen molar-refractivity contribution in [1.29, 1.82) is 0 Å². The van der Waals surface area contributed by atoms with Crippen LogP contribution in [-0.4, -0.2) is 60.0 Å². The Morgan fingerprint density at radius 2 is 1.82 bits per heavy atom. The number of rotatable bonds is 5. The normalized spacial score (nSPS) is 20.7. The fourth-order valence-electron chi connectivity index (χ4n) is 6.16. The maximum absolute atomic E-state index is 14.2. The number of nitrogens with zero attached hydrogens (tertiary/aromatic N) is 5. The minimum absolute atomic E-state index is 0.00281. The number of aliphatic hydroxyl groups is 1. The number of nitrogen functional groups attached to an aromatic ring is 1. The van der Waals surface area contributed by atoms with Gasteiger partial charge >= 0.3 is 0 Å². The van der Waals surface area contributed by atoms with Gasteiger partial charge in [0.15, 0.2) is 11.4 Å². The average molecular weight is 515 g/mol. The maximum atomic E-state index is 14.2.